The van der Waals surface area contributed by atoms with Crippen LogP contribution in [0.25, 0.3) is 0 Å². The summed E-state index contributed by atoms with van der Waals surface area (Å²) in [5.41, 5.74) is 6.69. The average Bonchev–Trinajstić information content (AvgIpc) is 2.52. The average molecular weight is 371 g/mol. The predicted octanol–water partition coefficient (Wildman–Crippen LogP) is 2.05. The zero-order valence-corrected chi connectivity index (χ0v) is 16.3. The zero-order valence-electron chi connectivity index (χ0n) is 15.5. The van der Waals surface area contributed by atoms with Gasteiger partial charge in [0.15, 0.2) is 0 Å². The summed E-state index contributed by atoms with van der Waals surface area (Å²) >= 11 is 0. The van der Waals surface area contributed by atoms with E-state index in [2.05, 4.69) is 19.2 Å². The molecule has 6 nitrogen and oxygen atoms in total. The molecule has 1 aromatic carbocycles. The second-order valence-corrected chi connectivity index (χ2v) is 9.12. The number of nitrogens with one attached hydrogen (secondary N) is 1. The number of carbonyl (C=O) groups excluding carboxylic acids is 1. The molecule has 142 valence electrons. The van der Waals surface area contributed by atoms with Gasteiger partial charge in [-0.15, -0.1) is 0 Å². The highest BCUT2D eigenvalue weighted by atomic mass is 32.2. The minimum Gasteiger partial charge on any atom is -0.494 e. The first-order valence-corrected chi connectivity index (χ1v) is 10.6. The molecule has 0 spiro atoms. The van der Waals surface area contributed by atoms with Crippen molar-refractivity contribution >= 4 is 15.7 Å². The molecule has 1 amide bonds. The van der Waals surface area contributed by atoms with Gasteiger partial charge in [0.2, 0.25) is 5.91 Å². The Kier molecular flexibility index (Phi) is 8.38. The normalized spacial score (nSPS) is 14.2. The zero-order chi connectivity index (χ0) is 19.0. The third kappa shape index (κ3) is 8.88. The van der Waals surface area contributed by atoms with E-state index in [-0.39, 0.29) is 24.1 Å². The summed E-state index contributed by atoms with van der Waals surface area (Å²) in [7, 11) is -3.13. The van der Waals surface area contributed by atoms with Crippen molar-refractivity contribution in [3.8, 4) is 5.75 Å². The monoisotopic (exact) mass is 370 g/mol. The van der Waals surface area contributed by atoms with Crippen molar-refractivity contribution in [1.29, 1.82) is 0 Å². The summed E-state index contributed by atoms with van der Waals surface area (Å²) < 4.78 is 28.0. The van der Waals surface area contributed by atoms with Gasteiger partial charge in [-0.1, -0.05) is 26.0 Å². The number of hydrogen-bond donors (Lipinski definition) is 2. The number of ether oxygens (including phenoxy) is 1. The van der Waals surface area contributed by atoms with Crippen molar-refractivity contribution in [2.75, 3.05) is 18.6 Å². The van der Waals surface area contributed by atoms with Gasteiger partial charge >= 0.3 is 0 Å². The van der Waals surface area contributed by atoms with Gasteiger partial charge in [0, 0.05) is 6.26 Å². The van der Waals surface area contributed by atoms with Gasteiger partial charge in [-0.25, -0.2) is 8.42 Å². The van der Waals surface area contributed by atoms with Crippen LogP contribution in [0.15, 0.2) is 24.3 Å². The Hall–Kier alpha value is -1.60. The Bertz CT molecular complexity index is 642. The molecule has 25 heavy (non-hydrogen) atoms. The molecule has 1 aromatic rings. The van der Waals surface area contributed by atoms with Gasteiger partial charge in [-0.2, -0.15) is 0 Å². The largest absolute Gasteiger partial charge is 0.494 e. The SMILES string of the molecule is CC(C)CCOc1ccc(C(C)NC(=O)C(N)CCS(C)(=O)=O)cc1. The molecule has 3 N–H and O–H groups in total. The van der Waals surface area contributed by atoms with Crippen molar-refractivity contribution in [3.63, 3.8) is 0 Å². The van der Waals surface area contributed by atoms with E-state index in [9.17, 15) is 13.2 Å². The van der Waals surface area contributed by atoms with Crippen molar-refractivity contribution in [2.24, 2.45) is 11.7 Å². The van der Waals surface area contributed by atoms with Crippen molar-refractivity contribution in [1.82, 2.24) is 5.32 Å². The first-order valence-electron chi connectivity index (χ1n) is 8.55. The van der Waals surface area contributed by atoms with Crippen LogP contribution in [0, 0.1) is 5.92 Å². The van der Waals surface area contributed by atoms with Crippen LogP contribution in [0.4, 0.5) is 0 Å². The van der Waals surface area contributed by atoms with E-state index in [0.29, 0.717) is 12.5 Å². The first kappa shape index (κ1) is 21.4. The Morgan fingerprint density at radius 3 is 2.28 bits per heavy atom. The molecule has 0 saturated heterocycles. The van der Waals surface area contributed by atoms with Crippen molar-refractivity contribution < 1.29 is 17.9 Å². The fourth-order valence-corrected chi connectivity index (χ4v) is 2.82. The molecule has 7 heteroatoms. The van der Waals surface area contributed by atoms with E-state index in [1.807, 2.05) is 31.2 Å². The molecule has 0 aliphatic carbocycles. The fraction of sp³-hybridized carbons (Fsp3) is 0.611. The summed E-state index contributed by atoms with van der Waals surface area (Å²) in [6.07, 6.45) is 2.24. The second-order valence-electron chi connectivity index (χ2n) is 6.86. The third-order valence-electron chi connectivity index (χ3n) is 3.84. The van der Waals surface area contributed by atoms with Gasteiger partial charge in [0.25, 0.3) is 0 Å². The second kappa shape index (κ2) is 9.77. The van der Waals surface area contributed by atoms with Gasteiger partial charge in [-0.05, 0) is 43.4 Å². The maximum Gasteiger partial charge on any atom is 0.237 e. The topological polar surface area (TPSA) is 98.5 Å². The molecule has 0 aliphatic rings. The Morgan fingerprint density at radius 1 is 1.16 bits per heavy atom. The molecule has 0 bridgehead atoms. The molecule has 0 radical (unpaired) electrons. The molecule has 0 aliphatic heterocycles. The Balaban J connectivity index is 2.50. The van der Waals surface area contributed by atoms with Crippen LogP contribution in [-0.2, 0) is 14.6 Å². The molecule has 0 fully saturated rings. The minimum absolute atomic E-state index is 0.0988. The molecule has 0 aromatic heterocycles. The molecule has 1 rings (SSSR count). The van der Waals surface area contributed by atoms with Crippen LogP contribution in [0.5, 0.6) is 5.75 Å². The standard InChI is InChI=1S/C18H30N2O4S/c1-13(2)9-11-24-16-7-5-15(6-8-16)14(3)20-18(21)17(19)10-12-25(4,22)23/h5-8,13-14,17H,9-12,19H2,1-4H3,(H,20,21). The number of rotatable bonds is 10. The van der Waals surface area contributed by atoms with E-state index in [1.165, 1.54) is 0 Å². The lowest BCUT2D eigenvalue weighted by Crippen LogP contribution is -2.42. The Morgan fingerprint density at radius 2 is 1.76 bits per heavy atom. The van der Waals surface area contributed by atoms with E-state index >= 15 is 0 Å². The van der Waals surface area contributed by atoms with Crippen LogP contribution >= 0.6 is 0 Å². The molecule has 0 heterocycles. The minimum atomic E-state index is -3.13. The molecule has 2 atom stereocenters. The lowest BCUT2D eigenvalue weighted by atomic mass is 10.1. The van der Waals surface area contributed by atoms with Crippen LogP contribution in [-0.4, -0.2) is 39.0 Å². The highest BCUT2D eigenvalue weighted by Crippen LogP contribution is 2.18. The van der Waals surface area contributed by atoms with Crippen LogP contribution in [0.1, 0.15) is 45.2 Å². The van der Waals surface area contributed by atoms with Gasteiger partial charge < -0.3 is 15.8 Å². The Labute approximate surface area is 151 Å². The first-order chi connectivity index (χ1) is 11.6. The van der Waals surface area contributed by atoms with Gasteiger partial charge in [0.1, 0.15) is 15.6 Å². The molecule has 0 saturated carbocycles. The predicted molar refractivity (Wildman–Crippen MR) is 100 cm³/mol. The fourth-order valence-electron chi connectivity index (χ4n) is 2.14. The maximum atomic E-state index is 12.1. The number of amides is 1. The van der Waals surface area contributed by atoms with Crippen LogP contribution in [0.2, 0.25) is 0 Å². The number of sulfone groups is 1. The van der Waals surface area contributed by atoms with E-state index in [0.717, 1.165) is 24.0 Å². The highest BCUT2D eigenvalue weighted by Gasteiger charge is 2.18. The van der Waals surface area contributed by atoms with E-state index in [1.54, 1.807) is 0 Å². The summed E-state index contributed by atoms with van der Waals surface area (Å²) in [5, 5.41) is 2.81. The number of benzene rings is 1. The number of carbonyl (C=O) groups is 1. The number of nitrogens with two attached hydrogens (primary N) is 1. The van der Waals surface area contributed by atoms with Crippen LogP contribution < -0.4 is 15.8 Å². The smallest absolute Gasteiger partial charge is 0.237 e. The van der Waals surface area contributed by atoms with Gasteiger partial charge in [0.05, 0.1) is 24.4 Å². The lowest BCUT2D eigenvalue weighted by molar-refractivity contribution is -0.123. The molecular formula is C18H30N2O4S. The maximum absolute atomic E-state index is 12.1. The third-order valence-corrected chi connectivity index (χ3v) is 4.82. The van der Waals surface area contributed by atoms with E-state index in [4.69, 9.17) is 10.5 Å². The molecule has 2 unspecified atom stereocenters. The van der Waals surface area contributed by atoms with E-state index < -0.39 is 15.9 Å². The van der Waals surface area contributed by atoms with Crippen LogP contribution in [0.3, 0.4) is 0 Å². The molecular weight excluding hydrogens is 340 g/mol. The van der Waals surface area contributed by atoms with Crippen molar-refractivity contribution in [3.05, 3.63) is 29.8 Å². The summed E-state index contributed by atoms with van der Waals surface area (Å²) in [6.45, 7) is 6.84. The lowest BCUT2D eigenvalue weighted by Gasteiger charge is -2.18. The van der Waals surface area contributed by atoms with Crippen molar-refractivity contribution in [2.45, 2.75) is 45.7 Å². The summed E-state index contributed by atoms with van der Waals surface area (Å²) in [5.74, 6) is 0.945. The highest BCUT2D eigenvalue weighted by molar-refractivity contribution is 7.90. The summed E-state index contributed by atoms with van der Waals surface area (Å²) in [6, 6.07) is 6.50. The number of hydrogen-bond acceptors (Lipinski definition) is 5. The quantitative estimate of drug-likeness (QED) is 0.657. The summed E-state index contributed by atoms with van der Waals surface area (Å²) in [4.78, 5) is 12.1. The van der Waals surface area contributed by atoms with Gasteiger partial charge in [-0.3, -0.25) is 4.79 Å².